The second kappa shape index (κ2) is 5.33. The molecule has 17 heavy (non-hydrogen) atoms. The molecular weight excluding hydrogens is 225 g/mol. The highest BCUT2D eigenvalue weighted by atomic mass is 19.1. The maximum absolute atomic E-state index is 13.8. The molecule has 0 spiro atoms. The number of nitrogens with two attached hydrogens (primary N) is 1. The van der Waals surface area contributed by atoms with Crippen LogP contribution in [0.3, 0.4) is 0 Å². The van der Waals surface area contributed by atoms with Crippen molar-refractivity contribution in [3.05, 3.63) is 23.5 Å². The van der Waals surface area contributed by atoms with Gasteiger partial charge < -0.3 is 20.3 Å². The third-order valence-corrected chi connectivity index (χ3v) is 2.81. The van der Waals surface area contributed by atoms with Crippen LogP contribution in [-0.2, 0) is 6.42 Å². The van der Waals surface area contributed by atoms with Crippen molar-refractivity contribution in [3.63, 3.8) is 0 Å². The summed E-state index contributed by atoms with van der Waals surface area (Å²) in [7, 11) is 0. The Morgan fingerprint density at radius 2 is 1.94 bits per heavy atom. The van der Waals surface area contributed by atoms with Gasteiger partial charge in [-0.2, -0.15) is 0 Å². The second-order valence-corrected chi connectivity index (χ2v) is 4.08. The van der Waals surface area contributed by atoms with Crippen molar-refractivity contribution in [2.75, 3.05) is 26.4 Å². The molecule has 1 atom stereocenters. The lowest BCUT2D eigenvalue weighted by Crippen LogP contribution is -2.21. The molecular formula is C12H16FNO3. The number of aliphatic hydroxyl groups is 1. The Balaban J connectivity index is 2.22. The van der Waals surface area contributed by atoms with E-state index in [1.165, 1.54) is 6.07 Å². The fourth-order valence-corrected chi connectivity index (χ4v) is 1.80. The van der Waals surface area contributed by atoms with E-state index in [1.54, 1.807) is 6.07 Å². The predicted molar refractivity (Wildman–Crippen MR) is 60.7 cm³/mol. The smallest absolute Gasteiger partial charge is 0.164 e. The molecule has 94 valence electrons. The van der Waals surface area contributed by atoms with Gasteiger partial charge in [0.2, 0.25) is 0 Å². The molecule has 1 unspecified atom stereocenters. The number of fused-ring (bicyclic) bond motifs is 1. The van der Waals surface area contributed by atoms with Crippen molar-refractivity contribution in [1.29, 1.82) is 0 Å². The molecule has 0 amide bonds. The largest absolute Gasteiger partial charge is 0.486 e. The van der Waals surface area contributed by atoms with E-state index in [0.717, 1.165) is 0 Å². The van der Waals surface area contributed by atoms with E-state index < -0.39 is 0 Å². The minimum atomic E-state index is -0.346. The van der Waals surface area contributed by atoms with E-state index in [9.17, 15) is 4.39 Å². The van der Waals surface area contributed by atoms with Crippen LogP contribution < -0.4 is 15.2 Å². The highest BCUT2D eigenvalue weighted by Gasteiger charge is 2.17. The zero-order chi connectivity index (χ0) is 12.3. The molecule has 0 fully saturated rings. The Kier molecular flexibility index (Phi) is 3.81. The van der Waals surface area contributed by atoms with Crippen LogP contribution in [0.25, 0.3) is 0 Å². The van der Waals surface area contributed by atoms with Gasteiger partial charge in [0.15, 0.2) is 11.5 Å². The summed E-state index contributed by atoms with van der Waals surface area (Å²) in [6.07, 6.45) is 0.398. The van der Waals surface area contributed by atoms with E-state index in [4.69, 9.17) is 20.3 Å². The van der Waals surface area contributed by atoms with Gasteiger partial charge in [0, 0.05) is 12.7 Å². The summed E-state index contributed by atoms with van der Waals surface area (Å²) in [4.78, 5) is 0. The Bertz CT molecular complexity index is 394. The zero-order valence-electron chi connectivity index (χ0n) is 9.49. The van der Waals surface area contributed by atoms with E-state index >= 15 is 0 Å². The molecule has 0 radical (unpaired) electrons. The first kappa shape index (κ1) is 12.1. The summed E-state index contributed by atoms with van der Waals surface area (Å²) >= 11 is 0. The van der Waals surface area contributed by atoms with Crippen molar-refractivity contribution in [2.45, 2.75) is 6.42 Å². The van der Waals surface area contributed by atoms with Crippen LogP contribution in [0.5, 0.6) is 11.5 Å². The Labute approximate surface area is 99.1 Å². The molecule has 0 saturated carbocycles. The maximum atomic E-state index is 13.8. The summed E-state index contributed by atoms with van der Waals surface area (Å²) in [5.74, 6) is 0.514. The third kappa shape index (κ3) is 2.68. The van der Waals surface area contributed by atoms with Crippen LogP contribution >= 0.6 is 0 Å². The number of benzene rings is 1. The van der Waals surface area contributed by atoms with Crippen LogP contribution in [-0.4, -0.2) is 31.5 Å². The van der Waals surface area contributed by atoms with Gasteiger partial charge in [-0.3, -0.25) is 0 Å². The number of aliphatic hydroxyl groups excluding tert-OH is 1. The Morgan fingerprint density at radius 1 is 1.29 bits per heavy atom. The molecule has 1 aromatic carbocycles. The zero-order valence-corrected chi connectivity index (χ0v) is 9.49. The molecule has 5 heteroatoms. The highest BCUT2D eigenvalue weighted by Crippen LogP contribution is 2.33. The number of hydrogen-bond acceptors (Lipinski definition) is 4. The van der Waals surface area contributed by atoms with Gasteiger partial charge in [-0.25, -0.2) is 4.39 Å². The predicted octanol–water partition coefficient (Wildman–Crippen LogP) is 0.707. The normalized spacial score (nSPS) is 15.7. The lowest BCUT2D eigenvalue weighted by Gasteiger charge is -2.20. The Hall–Kier alpha value is -1.33. The number of ether oxygens (including phenoxy) is 2. The second-order valence-electron chi connectivity index (χ2n) is 4.08. The van der Waals surface area contributed by atoms with Crippen LogP contribution in [0, 0.1) is 11.7 Å². The lowest BCUT2D eigenvalue weighted by atomic mass is 9.99. The van der Waals surface area contributed by atoms with Crippen LogP contribution in [0.4, 0.5) is 4.39 Å². The van der Waals surface area contributed by atoms with E-state index in [1.807, 2.05) is 0 Å². The first-order valence-electron chi connectivity index (χ1n) is 5.63. The molecule has 0 aromatic heterocycles. The lowest BCUT2D eigenvalue weighted by molar-refractivity contribution is 0.170. The first-order valence-corrected chi connectivity index (χ1v) is 5.63. The number of rotatable bonds is 4. The monoisotopic (exact) mass is 241 g/mol. The topological polar surface area (TPSA) is 64.7 Å². The van der Waals surface area contributed by atoms with Crippen molar-refractivity contribution < 1.29 is 19.0 Å². The minimum absolute atomic E-state index is 0.0512. The quantitative estimate of drug-likeness (QED) is 0.814. The molecule has 1 aliphatic heterocycles. The molecule has 4 nitrogen and oxygen atoms in total. The van der Waals surface area contributed by atoms with Crippen LogP contribution in [0.1, 0.15) is 5.56 Å². The van der Waals surface area contributed by atoms with Gasteiger partial charge >= 0.3 is 0 Å². The summed E-state index contributed by atoms with van der Waals surface area (Å²) < 4.78 is 24.4. The molecule has 3 N–H and O–H groups in total. The summed E-state index contributed by atoms with van der Waals surface area (Å²) in [6, 6.07) is 2.96. The van der Waals surface area contributed by atoms with Crippen molar-refractivity contribution in [1.82, 2.24) is 0 Å². The Morgan fingerprint density at radius 3 is 2.53 bits per heavy atom. The molecule has 0 aliphatic carbocycles. The molecule has 0 saturated heterocycles. The summed E-state index contributed by atoms with van der Waals surface area (Å²) in [6.45, 7) is 1.18. The molecule has 2 rings (SSSR count). The van der Waals surface area contributed by atoms with Gasteiger partial charge in [0.1, 0.15) is 19.0 Å². The maximum Gasteiger partial charge on any atom is 0.164 e. The SMILES string of the molecule is NCC(CO)Cc1cc2c(cc1F)OCCO2. The summed E-state index contributed by atoms with van der Waals surface area (Å²) in [5, 5.41) is 9.06. The average molecular weight is 241 g/mol. The van der Waals surface area contributed by atoms with Gasteiger partial charge in [-0.05, 0) is 30.5 Å². The van der Waals surface area contributed by atoms with Crippen LogP contribution in [0.15, 0.2) is 12.1 Å². The van der Waals surface area contributed by atoms with E-state index in [-0.39, 0.29) is 18.3 Å². The first-order chi connectivity index (χ1) is 8.24. The number of halogens is 1. The highest BCUT2D eigenvalue weighted by molar-refractivity contribution is 5.44. The fourth-order valence-electron chi connectivity index (χ4n) is 1.80. The van der Waals surface area contributed by atoms with Gasteiger partial charge in [-0.1, -0.05) is 0 Å². The molecule has 1 aromatic rings. The summed E-state index contributed by atoms with van der Waals surface area (Å²) in [5.41, 5.74) is 5.98. The van der Waals surface area contributed by atoms with Gasteiger partial charge in [0.05, 0.1) is 0 Å². The van der Waals surface area contributed by atoms with Crippen molar-refractivity contribution in [2.24, 2.45) is 11.7 Å². The average Bonchev–Trinajstić information content (AvgIpc) is 2.36. The molecule has 0 bridgehead atoms. The van der Waals surface area contributed by atoms with E-state index in [0.29, 0.717) is 43.2 Å². The number of hydrogen-bond donors (Lipinski definition) is 2. The van der Waals surface area contributed by atoms with Gasteiger partial charge in [-0.15, -0.1) is 0 Å². The van der Waals surface area contributed by atoms with E-state index in [2.05, 4.69) is 0 Å². The molecule has 1 aliphatic rings. The fraction of sp³-hybridized carbons (Fsp3) is 0.500. The standard InChI is InChI=1S/C12H16FNO3/c13-10-5-12-11(16-1-2-17-12)4-9(10)3-8(6-14)7-15/h4-5,8,15H,1-3,6-7,14H2. The van der Waals surface area contributed by atoms with Crippen molar-refractivity contribution in [3.8, 4) is 11.5 Å². The molecule has 1 heterocycles. The van der Waals surface area contributed by atoms with Crippen molar-refractivity contribution >= 4 is 0 Å². The minimum Gasteiger partial charge on any atom is -0.486 e. The third-order valence-electron chi connectivity index (χ3n) is 2.81. The van der Waals surface area contributed by atoms with Gasteiger partial charge in [0.25, 0.3) is 0 Å². The van der Waals surface area contributed by atoms with Crippen LogP contribution in [0.2, 0.25) is 0 Å².